The number of carbonyl (C=O) groups is 1. The first-order chi connectivity index (χ1) is 9.15. The van der Waals surface area contributed by atoms with E-state index < -0.39 is 5.97 Å². The number of pyridine rings is 1. The minimum absolute atomic E-state index is 0.0804. The number of nitrogens with one attached hydrogen (secondary N) is 1. The molecule has 0 amide bonds. The summed E-state index contributed by atoms with van der Waals surface area (Å²) in [6, 6.07) is 5.01. The summed E-state index contributed by atoms with van der Waals surface area (Å²) in [6.07, 6.45) is 2.54. The lowest BCUT2D eigenvalue weighted by atomic mass is 9.99. The lowest BCUT2D eigenvalue weighted by Crippen LogP contribution is -2.36. The van der Waals surface area contributed by atoms with Crippen molar-refractivity contribution in [2.45, 2.75) is 19.8 Å². The van der Waals surface area contributed by atoms with E-state index in [0.29, 0.717) is 5.82 Å². The molecular formula is C14H21N3O2. The molecule has 2 N–H and O–H groups in total. The largest absolute Gasteiger partial charge is 0.477 e. The summed E-state index contributed by atoms with van der Waals surface area (Å²) in [4.78, 5) is 17.3. The Labute approximate surface area is 113 Å². The number of anilines is 1. The van der Waals surface area contributed by atoms with E-state index in [2.05, 4.69) is 22.1 Å². The molecule has 5 nitrogen and oxygen atoms in total. The van der Waals surface area contributed by atoms with Gasteiger partial charge in [-0.1, -0.05) is 13.0 Å². The Balaban J connectivity index is 1.76. The van der Waals surface area contributed by atoms with Gasteiger partial charge in [-0.25, -0.2) is 9.78 Å². The number of aromatic carboxylic acids is 1. The molecule has 104 valence electrons. The Hall–Kier alpha value is -1.62. The van der Waals surface area contributed by atoms with Gasteiger partial charge in [0.05, 0.1) is 0 Å². The molecule has 0 atom stereocenters. The molecule has 0 unspecified atom stereocenters. The molecule has 0 saturated carbocycles. The van der Waals surface area contributed by atoms with Crippen molar-refractivity contribution in [3.63, 3.8) is 0 Å². The first-order valence-electron chi connectivity index (χ1n) is 6.82. The van der Waals surface area contributed by atoms with Crippen LogP contribution in [0, 0.1) is 5.92 Å². The van der Waals surface area contributed by atoms with E-state index in [1.807, 2.05) is 0 Å². The minimum Gasteiger partial charge on any atom is -0.477 e. The van der Waals surface area contributed by atoms with Gasteiger partial charge in [0, 0.05) is 13.1 Å². The van der Waals surface area contributed by atoms with Gasteiger partial charge in [0.1, 0.15) is 5.82 Å². The third-order valence-electron chi connectivity index (χ3n) is 3.58. The maximum Gasteiger partial charge on any atom is 0.354 e. The SMILES string of the molecule is CC1CCN(CCNc2cccc(C(=O)O)n2)CC1. The molecular weight excluding hydrogens is 242 g/mol. The van der Waals surface area contributed by atoms with Crippen LogP contribution in [0.2, 0.25) is 0 Å². The summed E-state index contributed by atoms with van der Waals surface area (Å²) in [5.74, 6) is 0.483. The van der Waals surface area contributed by atoms with Gasteiger partial charge >= 0.3 is 5.97 Å². The summed E-state index contributed by atoms with van der Waals surface area (Å²) < 4.78 is 0. The van der Waals surface area contributed by atoms with Gasteiger partial charge in [-0.15, -0.1) is 0 Å². The van der Waals surface area contributed by atoms with Gasteiger partial charge in [0.2, 0.25) is 0 Å². The minimum atomic E-state index is -0.992. The van der Waals surface area contributed by atoms with Gasteiger partial charge in [0.25, 0.3) is 0 Å². The molecule has 2 rings (SSSR count). The van der Waals surface area contributed by atoms with Crippen molar-refractivity contribution in [2.75, 3.05) is 31.5 Å². The third-order valence-corrected chi connectivity index (χ3v) is 3.58. The predicted molar refractivity (Wildman–Crippen MR) is 74.5 cm³/mol. The van der Waals surface area contributed by atoms with Gasteiger partial charge in [-0.2, -0.15) is 0 Å². The number of aromatic nitrogens is 1. The number of carboxylic acids is 1. The predicted octanol–water partition coefficient (Wildman–Crippen LogP) is 1.92. The van der Waals surface area contributed by atoms with Crippen LogP contribution in [0.3, 0.4) is 0 Å². The topological polar surface area (TPSA) is 65.5 Å². The maximum atomic E-state index is 10.8. The van der Waals surface area contributed by atoms with Crippen molar-refractivity contribution in [3.05, 3.63) is 23.9 Å². The molecule has 0 aromatic carbocycles. The second kappa shape index (κ2) is 6.52. The molecule has 5 heteroatoms. The smallest absolute Gasteiger partial charge is 0.354 e. The van der Waals surface area contributed by atoms with E-state index in [0.717, 1.165) is 32.1 Å². The van der Waals surface area contributed by atoms with Gasteiger partial charge in [-0.3, -0.25) is 0 Å². The Morgan fingerprint density at radius 3 is 2.89 bits per heavy atom. The van der Waals surface area contributed by atoms with E-state index in [1.165, 1.54) is 18.9 Å². The van der Waals surface area contributed by atoms with Gasteiger partial charge < -0.3 is 15.3 Å². The molecule has 1 aliphatic rings. The Morgan fingerprint density at radius 2 is 2.21 bits per heavy atom. The van der Waals surface area contributed by atoms with Crippen LogP contribution in [-0.2, 0) is 0 Å². The number of rotatable bonds is 5. The average Bonchev–Trinajstić information content (AvgIpc) is 2.41. The maximum absolute atomic E-state index is 10.8. The zero-order valence-corrected chi connectivity index (χ0v) is 11.3. The summed E-state index contributed by atoms with van der Waals surface area (Å²) in [6.45, 7) is 6.39. The molecule has 1 aromatic heterocycles. The molecule has 0 spiro atoms. The second-order valence-corrected chi connectivity index (χ2v) is 5.16. The van der Waals surface area contributed by atoms with Crippen molar-refractivity contribution in [1.29, 1.82) is 0 Å². The molecule has 1 fully saturated rings. The summed E-state index contributed by atoms with van der Waals surface area (Å²) in [5, 5.41) is 12.0. The zero-order chi connectivity index (χ0) is 13.7. The van der Waals surface area contributed by atoms with Crippen LogP contribution < -0.4 is 5.32 Å². The summed E-state index contributed by atoms with van der Waals surface area (Å²) in [7, 11) is 0. The monoisotopic (exact) mass is 263 g/mol. The highest BCUT2D eigenvalue weighted by Gasteiger charge is 2.14. The van der Waals surface area contributed by atoms with Crippen molar-refractivity contribution in [2.24, 2.45) is 5.92 Å². The van der Waals surface area contributed by atoms with Crippen molar-refractivity contribution < 1.29 is 9.90 Å². The fourth-order valence-corrected chi connectivity index (χ4v) is 2.28. The standard InChI is InChI=1S/C14H21N3O2/c1-11-5-8-17(9-6-11)10-7-15-13-4-2-3-12(16-13)14(18)19/h2-4,11H,5-10H2,1H3,(H,15,16)(H,18,19). The quantitative estimate of drug-likeness (QED) is 0.849. The molecule has 19 heavy (non-hydrogen) atoms. The number of nitrogens with zero attached hydrogens (tertiary/aromatic N) is 2. The number of carboxylic acid groups (broad SMARTS) is 1. The molecule has 2 heterocycles. The second-order valence-electron chi connectivity index (χ2n) is 5.16. The highest BCUT2D eigenvalue weighted by atomic mass is 16.4. The Kier molecular flexibility index (Phi) is 4.74. The highest BCUT2D eigenvalue weighted by molar-refractivity contribution is 5.85. The van der Waals surface area contributed by atoms with E-state index in [-0.39, 0.29) is 5.69 Å². The molecule has 0 aliphatic carbocycles. The van der Waals surface area contributed by atoms with Crippen LogP contribution >= 0.6 is 0 Å². The first kappa shape index (κ1) is 13.8. The molecule has 0 bridgehead atoms. The van der Waals surface area contributed by atoms with Crippen LogP contribution in [0.5, 0.6) is 0 Å². The van der Waals surface area contributed by atoms with Crippen LogP contribution in [0.15, 0.2) is 18.2 Å². The fourth-order valence-electron chi connectivity index (χ4n) is 2.28. The van der Waals surface area contributed by atoms with E-state index >= 15 is 0 Å². The van der Waals surface area contributed by atoms with E-state index in [9.17, 15) is 4.79 Å². The number of hydrogen-bond donors (Lipinski definition) is 2. The third kappa shape index (κ3) is 4.21. The van der Waals surface area contributed by atoms with Crippen LogP contribution in [-0.4, -0.2) is 47.1 Å². The lowest BCUT2D eigenvalue weighted by molar-refractivity contribution is 0.0690. The fraction of sp³-hybridized carbons (Fsp3) is 0.571. The lowest BCUT2D eigenvalue weighted by Gasteiger charge is -2.30. The average molecular weight is 263 g/mol. The molecule has 1 aliphatic heterocycles. The van der Waals surface area contributed by atoms with Gasteiger partial charge in [0.15, 0.2) is 5.69 Å². The van der Waals surface area contributed by atoms with E-state index in [1.54, 1.807) is 12.1 Å². The number of piperidine rings is 1. The summed E-state index contributed by atoms with van der Waals surface area (Å²) >= 11 is 0. The van der Waals surface area contributed by atoms with Crippen LogP contribution in [0.4, 0.5) is 5.82 Å². The Bertz CT molecular complexity index is 428. The van der Waals surface area contributed by atoms with E-state index in [4.69, 9.17) is 5.11 Å². The van der Waals surface area contributed by atoms with Crippen molar-refractivity contribution >= 4 is 11.8 Å². The zero-order valence-electron chi connectivity index (χ0n) is 11.3. The molecule has 1 aromatic rings. The normalized spacial score (nSPS) is 17.3. The number of hydrogen-bond acceptors (Lipinski definition) is 4. The van der Waals surface area contributed by atoms with Crippen LogP contribution in [0.1, 0.15) is 30.3 Å². The van der Waals surface area contributed by atoms with Gasteiger partial charge in [-0.05, 0) is 44.0 Å². The first-order valence-corrected chi connectivity index (χ1v) is 6.82. The number of likely N-dealkylation sites (tertiary alicyclic amines) is 1. The van der Waals surface area contributed by atoms with Crippen LogP contribution in [0.25, 0.3) is 0 Å². The Morgan fingerprint density at radius 1 is 1.47 bits per heavy atom. The van der Waals surface area contributed by atoms with Crippen molar-refractivity contribution in [1.82, 2.24) is 9.88 Å². The summed E-state index contributed by atoms with van der Waals surface area (Å²) in [5.41, 5.74) is 0.0804. The molecule has 1 saturated heterocycles. The van der Waals surface area contributed by atoms with Crippen molar-refractivity contribution in [3.8, 4) is 0 Å². The highest BCUT2D eigenvalue weighted by Crippen LogP contribution is 2.15. The molecule has 0 radical (unpaired) electrons.